The summed E-state index contributed by atoms with van der Waals surface area (Å²) in [5.41, 5.74) is 1.23. The van der Waals surface area contributed by atoms with Gasteiger partial charge in [-0.3, -0.25) is 4.98 Å². The van der Waals surface area contributed by atoms with Gasteiger partial charge in [0.25, 0.3) is 0 Å². The molecule has 0 amide bonds. The molecule has 0 radical (unpaired) electrons. The van der Waals surface area contributed by atoms with Crippen molar-refractivity contribution in [3.8, 4) is 5.75 Å². The normalized spacial score (nSPS) is 12.5. The Labute approximate surface area is 137 Å². The summed E-state index contributed by atoms with van der Waals surface area (Å²) in [6, 6.07) is 14.2. The number of nitrogens with one attached hydrogen (secondary N) is 2. The molecule has 1 aromatic carbocycles. The fraction of sp³-hybridized carbons (Fsp3) is 0.333. The third-order valence-electron chi connectivity index (χ3n) is 3.26. The highest BCUT2D eigenvalue weighted by atomic mass is 16.5. The fourth-order valence-corrected chi connectivity index (χ4v) is 2.10. The lowest BCUT2D eigenvalue weighted by Crippen LogP contribution is -2.39. The van der Waals surface area contributed by atoms with Gasteiger partial charge < -0.3 is 15.4 Å². The third kappa shape index (κ3) is 5.98. The zero-order chi connectivity index (χ0) is 16.3. The summed E-state index contributed by atoms with van der Waals surface area (Å²) in [5, 5.41) is 6.66. The van der Waals surface area contributed by atoms with Crippen molar-refractivity contribution in [2.75, 3.05) is 19.7 Å². The molecule has 0 aliphatic carbocycles. The molecule has 0 aliphatic heterocycles. The summed E-state index contributed by atoms with van der Waals surface area (Å²) >= 11 is 0. The Morgan fingerprint density at radius 2 is 2.04 bits per heavy atom. The Kier molecular flexibility index (Phi) is 6.91. The largest absolute Gasteiger partial charge is 0.490 e. The average molecular weight is 312 g/mol. The van der Waals surface area contributed by atoms with Gasteiger partial charge in [0.05, 0.1) is 18.8 Å². The van der Waals surface area contributed by atoms with E-state index in [0.29, 0.717) is 13.2 Å². The Balaban J connectivity index is 1.84. The van der Waals surface area contributed by atoms with Crippen LogP contribution in [0, 0.1) is 0 Å². The SMILES string of the molecule is CCNC(=NCCOc1cccnc1)NC(C)c1ccccc1. The number of hydrogen-bond donors (Lipinski definition) is 2. The van der Waals surface area contributed by atoms with E-state index in [-0.39, 0.29) is 6.04 Å². The van der Waals surface area contributed by atoms with Crippen LogP contribution in [0.1, 0.15) is 25.5 Å². The molecule has 0 bridgehead atoms. The monoisotopic (exact) mass is 312 g/mol. The van der Waals surface area contributed by atoms with Gasteiger partial charge in [0, 0.05) is 12.7 Å². The lowest BCUT2D eigenvalue weighted by atomic mass is 10.1. The molecule has 5 nitrogen and oxygen atoms in total. The van der Waals surface area contributed by atoms with Crippen LogP contribution in [-0.2, 0) is 0 Å². The molecule has 5 heteroatoms. The second-order valence-electron chi connectivity index (χ2n) is 5.07. The Bertz CT molecular complexity index is 586. The predicted molar refractivity (Wildman–Crippen MR) is 93.7 cm³/mol. The van der Waals surface area contributed by atoms with Crippen LogP contribution in [0.15, 0.2) is 59.9 Å². The van der Waals surface area contributed by atoms with Crippen molar-refractivity contribution in [1.29, 1.82) is 0 Å². The highest BCUT2D eigenvalue weighted by Gasteiger charge is 2.06. The molecule has 0 saturated heterocycles. The zero-order valence-electron chi connectivity index (χ0n) is 13.7. The Hall–Kier alpha value is -2.56. The van der Waals surface area contributed by atoms with Gasteiger partial charge in [-0.25, -0.2) is 4.99 Å². The summed E-state index contributed by atoms with van der Waals surface area (Å²) in [5.74, 6) is 1.55. The molecular formula is C18H24N4O. The van der Waals surface area contributed by atoms with Crippen LogP contribution in [0.3, 0.4) is 0 Å². The van der Waals surface area contributed by atoms with Gasteiger partial charge in [-0.05, 0) is 31.5 Å². The first-order valence-electron chi connectivity index (χ1n) is 7.92. The van der Waals surface area contributed by atoms with Crippen LogP contribution in [0.5, 0.6) is 5.75 Å². The van der Waals surface area contributed by atoms with Crippen molar-refractivity contribution in [3.63, 3.8) is 0 Å². The van der Waals surface area contributed by atoms with Crippen molar-refractivity contribution in [2.45, 2.75) is 19.9 Å². The van der Waals surface area contributed by atoms with Crippen molar-refractivity contribution in [1.82, 2.24) is 15.6 Å². The van der Waals surface area contributed by atoms with E-state index in [2.05, 4.69) is 46.6 Å². The van der Waals surface area contributed by atoms with E-state index >= 15 is 0 Å². The minimum atomic E-state index is 0.188. The maximum Gasteiger partial charge on any atom is 0.191 e. The molecule has 1 heterocycles. The van der Waals surface area contributed by atoms with E-state index in [1.165, 1.54) is 5.56 Å². The van der Waals surface area contributed by atoms with Gasteiger partial charge in [-0.1, -0.05) is 30.3 Å². The van der Waals surface area contributed by atoms with Crippen molar-refractivity contribution in [2.24, 2.45) is 4.99 Å². The smallest absolute Gasteiger partial charge is 0.191 e. The second-order valence-corrected chi connectivity index (χ2v) is 5.07. The van der Waals surface area contributed by atoms with E-state index in [0.717, 1.165) is 18.3 Å². The fourth-order valence-electron chi connectivity index (χ4n) is 2.10. The molecule has 1 aromatic heterocycles. The molecule has 0 saturated carbocycles. The number of aliphatic imine (C=N–C) groups is 1. The van der Waals surface area contributed by atoms with Crippen molar-refractivity contribution in [3.05, 3.63) is 60.4 Å². The van der Waals surface area contributed by atoms with E-state index in [9.17, 15) is 0 Å². The van der Waals surface area contributed by atoms with Crippen LogP contribution in [0.4, 0.5) is 0 Å². The van der Waals surface area contributed by atoms with E-state index in [4.69, 9.17) is 4.74 Å². The Morgan fingerprint density at radius 1 is 1.22 bits per heavy atom. The third-order valence-corrected chi connectivity index (χ3v) is 3.26. The van der Waals surface area contributed by atoms with Gasteiger partial charge in [0.15, 0.2) is 5.96 Å². The van der Waals surface area contributed by atoms with Crippen LogP contribution >= 0.6 is 0 Å². The molecular weight excluding hydrogens is 288 g/mol. The molecule has 0 fully saturated rings. The van der Waals surface area contributed by atoms with Crippen molar-refractivity contribution >= 4 is 5.96 Å². The number of benzene rings is 1. The molecule has 0 spiro atoms. The quantitative estimate of drug-likeness (QED) is 0.469. The minimum Gasteiger partial charge on any atom is -0.490 e. The van der Waals surface area contributed by atoms with Crippen LogP contribution in [-0.4, -0.2) is 30.6 Å². The first kappa shape index (κ1) is 16.8. The molecule has 2 aromatic rings. The maximum absolute atomic E-state index is 5.60. The summed E-state index contributed by atoms with van der Waals surface area (Å²) in [4.78, 5) is 8.56. The number of rotatable bonds is 7. The summed E-state index contributed by atoms with van der Waals surface area (Å²) in [7, 11) is 0. The van der Waals surface area contributed by atoms with Gasteiger partial charge in [-0.15, -0.1) is 0 Å². The van der Waals surface area contributed by atoms with Gasteiger partial charge >= 0.3 is 0 Å². The lowest BCUT2D eigenvalue weighted by molar-refractivity contribution is 0.327. The average Bonchev–Trinajstić information content (AvgIpc) is 2.60. The number of nitrogens with zero attached hydrogens (tertiary/aromatic N) is 2. The van der Waals surface area contributed by atoms with Crippen LogP contribution < -0.4 is 15.4 Å². The van der Waals surface area contributed by atoms with E-state index in [1.807, 2.05) is 30.3 Å². The minimum absolute atomic E-state index is 0.188. The molecule has 0 aliphatic rings. The topological polar surface area (TPSA) is 58.5 Å². The summed E-state index contributed by atoms with van der Waals surface area (Å²) in [6.07, 6.45) is 3.42. The summed E-state index contributed by atoms with van der Waals surface area (Å²) in [6.45, 7) is 6.08. The number of guanidine groups is 1. The van der Waals surface area contributed by atoms with Gasteiger partial charge in [0.1, 0.15) is 12.4 Å². The summed E-state index contributed by atoms with van der Waals surface area (Å²) < 4.78 is 5.60. The van der Waals surface area contributed by atoms with Crippen LogP contribution in [0.25, 0.3) is 0 Å². The Morgan fingerprint density at radius 3 is 2.74 bits per heavy atom. The zero-order valence-corrected chi connectivity index (χ0v) is 13.7. The lowest BCUT2D eigenvalue weighted by Gasteiger charge is -2.18. The second kappa shape index (κ2) is 9.46. The molecule has 122 valence electrons. The van der Waals surface area contributed by atoms with Crippen LogP contribution in [0.2, 0.25) is 0 Å². The number of pyridine rings is 1. The first-order chi connectivity index (χ1) is 11.3. The highest BCUT2D eigenvalue weighted by Crippen LogP contribution is 2.10. The maximum atomic E-state index is 5.60. The highest BCUT2D eigenvalue weighted by molar-refractivity contribution is 5.80. The predicted octanol–water partition coefficient (Wildman–Crippen LogP) is 2.78. The number of hydrogen-bond acceptors (Lipinski definition) is 3. The molecule has 23 heavy (non-hydrogen) atoms. The molecule has 1 atom stereocenters. The number of ether oxygens (including phenoxy) is 1. The van der Waals surface area contributed by atoms with Gasteiger partial charge in [-0.2, -0.15) is 0 Å². The van der Waals surface area contributed by atoms with E-state index < -0.39 is 0 Å². The first-order valence-corrected chi connectivity index (χ1v) is 7.92. The molecule has 1 unspecified atom stereocenters. The molecule has 2 N–H and O–H groups in total. The molecule has 2 rings (SSSR count). The van der Waals surface area contributed by atoms with Crippen molar-refractivity contribution < 1.29 is 4.74 Å². The van der Waals surface area contributed by atoms with E-state index in [1.54, 1.807) is 12.4 Å². The standard InChI is InChI=1S/C18H24N4O/c1-3-20-18(22-15(2)16-8-5-4-6-9-16)21-12-13-23-17-10-7-11-19-14-17/h4-11,14-15H,3,12-13H2,1-2H3,(H2,20,21,22). The number of aromatic nitrogens is 1. The van der Waals surface area contributed by atoms with Gasteiger partial charge in [0.2, 0.25) is 0 Å².